The third kappa shape index (κ3) is 2.88. The van der Waals surface area contributed by atoms with Crippen LogP contribution >= 0.6 is 22.9 Å². The number of amides is 1. The summed E-state index contributed by atoms with van der Waals surface area (Å²) < 4.78 is 1.30. The lowest BCUT2D eigenvalue weighted by atomic mass is 10.2. The number of hydrogen-bond acceptors (Lipinski definition) is 4. The van der Waals surface area contributed by atoms with Gasteiger partial charge in [-0.2, -0.15) is 0 Å². The van der Waals surface area contributed by atoms with Gasteiger partial charge in [0.25, 0.3) is 5.56 Å². The Labute approximate surface area is 135 Å². The molecule has 5 nitrogen and oxygen atoms in total. The average molecular weight is 334 g/mol. The number of halogens is 1. The summed E-state index contributed by atoms with van der Waals surface area (Å²) in [5.41, 5.74) is 1.32. The van der Waals surface area contributed by atoms with E-state index in [9.17, 15) is 9.59 Å². The van der Waals surface area contributed by atoms with Gasteiger partial charge < -0.3 is 5.32 Å². The molecule has 3 rings (SSSR count). The Morgan fingerprint density at radius 1 is 1.41 bits per heavy atom. The van der Waals surface area contributed by atoms with Crippen molar-refractivity contribution in [3.63, 3.8) is 0 Å². The molecule has 2 aromatic heterocycles. The highest BCUT2D eigenvalue weighted by Crippen LogP contribution is 2.19. The Morgan fingerprint density at radius 3 is 3.00 bits per heavy atom. The fourth-order valence-electron chi connectivity index (χ4n) is 2.12. The first kappa shape index (κ1) is 14.7. The van der Waals surface area contributed by atoms with E-state index in [0.717, 1.165) is 5.56 Å². The van der Waals surface area contributed by atoms with Gasteiger partial charge in [-0.3, -0.25) is 14.2 Å². The average Bonchev–Trinajstić information content (AvgIpc) is 2.94. The van der Waals surface area contributed by atoms with E-state index in [-0.39, 0.29) is 18.0 Å². The molecule has 0 fully saturated rings. The van der Waals surface area contributed by atoms with Crippen LogP contribution < -0.4 is 10.9 Å². The Hall–Kier alpha value is -2.18. The minimum absolute atomic E-state index is 0.0836. The quantitative estimate of drug-likeness (QED) is 0.801. The molecule has 112 valence electrons. The van der Waals surface area contributed by atoms with Crippen LogP contribution in [0.15, 0.2) is 40.8 Å². The van der Waals surface area contributed by atoms with Crippen molar-refractivity contribution in [1.29, 1.82) is 0 Å². The molecule has 0 atom stereocenters. The molecule has 0 aliphatic heterocycles. The molecule has 1 aromatic carbocycles. The van der Waals surface area contributed by atoms with Crippen molar-refractivity contribution < 1.29 is 4.79 Å². The highest BCUT2D eigenvalue weighted by molar-refractivity contribution is 7.16. The first-order chi connectivity index (χ1) is 10.5. The Kier molecular flexibility index (Phi) is 3.96. The van der Waals surface area contributed by atoms with Gasteiger partial charge in [0.1, 0.15) is 11.4 Å². The third-order valence-electron chi connectivity index (χ3n) is 3.23. The van der Waals surface area contributed by atoms with Crippen molar-refractivity contribution in [3.05, 3.63) is 56.9 Å². The van der Waals surface area contributed by atoms with E-state index in [1.807, 2.05) is 6.92 Å². The molecule has 0 saturated heterocycles. The molecule has 0 unspecified atom stereocenters. The number of aromatic nitrogens is 2. The van der Waals surface area contributed by atoms with E-state index >= 15 is 0 Å². The number of nitrogens with one attached hydrogen (secondary N) is 1. The Bertz CT molecular complexity index is 917. The number of thiophene rings is 1. The van der Waals surface area contributed by atoms with Crippen LogP contribution in [-0.4, -0.2) is 15.5 Å². The number of nitrogens with zero attached hydrogens (tertiary/aromatic N) is 2. The number of anilines is 1. The van der Waals surface area contributed by atoms with Crippen LogP contribution in [0.25, 0.3) is 10.2 Å². The number of carbonyl (C=O) groups is 1. The van der Waals surface area contributed by atoms with Crippen LogP contribution in [0.2, 0.25) is 5.02 Å². The zero-order valence-corrected chi connectivity index (χ0v) is 13.2. The van der Waals surface area contributed by atoms with Crippen molar-refractivity contribution in [2.45, 2.75) is 13.5 Å². The molecule has 0 radical (unpaired) electrons. The second-order valence-electron chi connectivity index (χ2n) is 4.82. The second kappa shape index (κ2) is 5.90. The molecule has 7 heteroatoms. The van der Waals surface area contributed by atoms with Crippen LogP contribution in [0, 0.1) is 6.92 Å². The summed E-state index contributed by atoms with van der Waals surface area (Å²) in [5.74, 6) is -0.288. The summed E-state index contributed by atoms with van der Waals surface area (Å²) in [4.78, 5) is 29.2. The minimum Gasteiger partial charge on any atom is -0.324 e. The number of aryl methyl sites for hydroxylation is 1. The highest BCUT2D eigenvalue weighted by atomic mass is 35.5. The molecule has 1 N–H and O–H groups in total. The lowest BCUT2D eigenvalue weighted by Gasteiger charge is -2.09. The molecule has 2 heterocycles. The minimum atomic E-state index is -0.288. The molecule has 22 heavy (non-hydrogen) atoms. The lowest BCUT2D eigenvalue weighted by Crippen LogP contribution is -2.27. The summed E-state index contributed by atoms with van der Waals surface area (Å²) in [6.45, 7) is 1.77. The highest BCUT2D eigenvalue weighted by Gasteiger charge is 2.10. The van der Waals surface area contributed by atoms with Gasteiger partial charge in [0.15, 0.2) is 0 Å². The van der Waals surface area contributed by atoms with Gasteiger partial charge in [-0.05, 0) is 42.1 Å². The summed E-state index contributed by atoms with van der Waals surface area (Å²) in [6.07, 6.45) is 1.40. The molecule has 0 saturated carbocycles. The number of fused-ring (bicyclic) bond motifs is 1. The second-order valence-corrected chi connectivity index (χ2v) is 6.16. The van der Waals surface area contributed by atoms with E-state index in [1.54, 1.807) is 29.6 Å². The van der Waals surface area contributed by atoms with E-state index in [1.165, 1.54) is 22.2 Å². The number of carbonyl (C=O) groups excluding carboxylic acids is 1. The first-order valence-corrected chi connectivity index (χ1v) is 7.79. The normalized spacial score (nSPS) is 10.8. The number of benzene rings is 1. The van der Waals surface area contributed by atoms with Crippen molar-refractivity contribution >= 4 is 44.7 Å². The van der Waals surface area contributed by atoms with Crippen LogP contribution in [0.3, 0.4) is 0 Å². The SMILES string of the molecule is Cc1cc(Cl)ccc1NC(=O)Cn1cnc2sccc2c1=O. The van der Waals surface area contributed by atoms with Gasteiger partial charge in [0.2, 0.25) is 5.91 Å². The fraction of sp³-hybridized carbons (Fsp3) is 0.133. The van der Waals surface area contributed by atoms with E-state index < -0.39 is 0 Å². The summed E-state index contributed by atoms with van der Waals surface area (Å²) >= 11 is 7.28. The summed E-state index contributed by atoms with van der Waals surface area (Å²) in [7, 11) is 0. The molecule has 0 spiro atoms. The molecule has 0 aliphatic carbocycles. The molecular weight excluding hydrogens is 322 g/mol. The molecular formula is C15H12ClN3O2S. The summed E-state index contributed by atoms with van der Waals surface area (Å²) in [5, 5.41) is 5.72. The predicted molar refractivity (Wildman–Crippen MR) is 88.7 cm³/mol. The van der Waals surface area contributed by atoms with Crippen LogP contribution in [0.5, 0.6) is 0 Å². The maximum atomic E-state index is 12.2. The smallest absolute Gasteiger partial charge is 0.262 e. The van der Waals surface area contributed by atoms with Crippen LogP contribution in [0.4, 0.5) is 5.69 Å². The van der Waals surface area contributed by atoms with Crippen LogP contribution in [-0.2, 0) is 11.3 Å². The standard InChI is InChI=1S/C15H12ClN3O2S/c1-9-6-10(16)2-3-12(9)18-13(20)7-19-8-17-14-11(15(19)21)4-5-22-14/h2-6,8H,7H2,1H3,(H,18,20). The van der Waals surface area contributed by atoms with Crippen LogP contribution in [0.1, 0.15) is 5.56 Å². The third-order valence-corrected chi connectivity index (χ3v) is 4.28. The van der Waals surface area contributed by atoms with Crippen molar-refractivity contribution in [2.75, 3.05) is 5.32 Å². The van der Waals surface area contributed by atoms with Gasteiger partial charge in [-0.1, -0.05) is 11.6 Å². The van der Waals surface area contributed by atoms with Gasteiger partial charge in [-0.25, -0.2) is 4.98 Å². The van der Waals surface area contributed by atoms with Crippen molar-refractivity contribution in [2.24, 2.45) is 0 Å². The monoisotopic (exact) mass is 333 g/mol. The van der Waals surface area contributed by atoms with Gasteiger partial charge in [-0.15, -0.1) is 11.3 Å². The maximum Gasteiger partial charge on any atom is 0.262 e. The van der Waals surface area contributed by atoms with E-state index in [2.05, 4.69) is 10.3 Å². The number of rotatable bonds is 3. The molecule has 0 bridgehead atoms. The predicted octanol–water partition coefficient (Wildman–Crippen LogP) is 3.06. The summed E-state index contributed by atoms with van der Waals surface area (Å²) in [6, 6.07) is 6.92. The lowest BCUT2D eigenvalue weighted by molar-refractivity contribution is -0.116. The maximum absolute atomic E-state index is 12.2. The first-order valence-electron chi connectivity index (χ1n) is 6.53. The Morgan fingerprint density at radius 2 is 2.23 bits per heavy atom. The van der Waals surface area contributed by atoms with Gasteiger partial charge in [0, 0.05) is 10.7 Å². The zero-order valence-electron chi connectivity index (χ0n) is 11.7. The molecule has 1 amide bonds. The van der Waals surface area contributed by atoms with Crippen molar-refractivity contribution in [3.8, 4) is 0 Å². The molecule has 0 aliphatic rings. The molecule has 3 aromatic rings. The van der Waals surface area contributed by atoms with Crippen molar-refractivity contribution in [1.82, 2.24) is 9.55 Å². The van der Waals surface area contributed by atoms with E-state index in [4.69, 9.17) is 11.6 Å². The van der Waals surface area contributed by atoms with Gasteiger partial charge in [0.05, 0.1) is 11.7 Å². The Balaban J connectivity index is 1.81. The number of hydrogen-bond donors (Lipinski definition) is 1. The zero-order chi connectivity index (χ0) is 15.7. The van der Waals surface area contributed by atoms with Gasteiger partial charge >= 0.3 is 0 Å². The largest absolute Gasteiger partial charge is 0.324 e. The van der Waals surface area contributed by atoms with E-state index in [0.29, 0.717) is 20.9 Å². The topological polar surface area (TPSA) is 64.0 Å². The fourth-order valence-corrected chi connectivity index (χ4v) is 3.07.